The fourth-order valence-electron chi connectivity index (χ4n) is 2.56. The molecule has 1 aliphatic rings. The van der Waals surface area contributed by atoms with Crippen molar-refractivity contribution in [1.82, 2.24) is 4.90 Å². The van der Waals surface area contributed by atoms with Crippen molar-refractivity contribution in [2.24, 2.45) is 5.92 Å². The molecule has 1 fully saturated rings. The van der Waals surface area contributed by atoms with Crippen molar-refractivity contribution in [3.63, 3.8) is 0 Å². The van der Waals surface area contributed by atoms with Crippen LogP contribution in [0.15, 0.2) is 18.2 Å². The Kier molecular flexibility index (Phi) is 5.12. The first kappa shape index (κ1) is 14.7. The van der Waals surface area contributed by atoms with Gasteiger partial charge in [0.05, 0.1) is 11.6 Å². The fourth-order valence-corrected chi connectivity index (χ4v) is 2.74. The summed E-state index contributed by atoms with van der Waals surface area (Å²) in [4.78, 5) is 2.54. The maximum absolute atomic E-state index is 6.15. The number of piperidine rings is 1. The number of ether oxygens (including phenoxy) is 1. The van der Waals surface area contributed by atoms with Crippen molar-refractivity contribution in [3.8, 4) is 5.75 Å². The van der Waals surface area contributed by atoms with Crippen molar-refractivity contribution in [2.75, 3.05) is 19.7 Å². The summed E-state index contributed by atoms with van der Waals surface area (Å²) in [6.07, 6.45) is 2.45. The van der Waals surface area contributed by atoms with Gasteiger partial charge in [0.15, 0.2) is 0 Å². The third-order valence-corrected chi connectivity index (χ3v) is 4.25. The topological polar surface area (TPSA) is 12.5 Å². The minimum atomic E-state index is 0.659. The molecule has 0 amide bonds. The molecule has 0 N–H and O–H groups in total. The average molecular weight is 282 g/mol. The predicted octanol–water partition coefficient (Wildman–Crippen LogP) is 4.15. The summed E-state index contributed by atoms with van der Waals surface area (Å²) in [5.74, 6) is 1.49. The monoisotopic (exact) mass is 281 g/mol. The number of likely N-dealkylation sites (tertiary alicyclic amines) is 1. The zero-order valence-corrected chi connectivity index (χ0v) is 12.9. The van der Waals surface area contributed by atoms with E-state index < -0.39 is 0 Å². The molecule has 1 heterocycles. The van der Waals surface area contributed by atoms with Gasteiger partial charge in [0, 0.05) is 6.04 Å². The Labute approximate surface area is 121 Å². The molecule has 0 atom stereocenters. The van der Waals surface area contributed by atoms with Gasteiger partial charge >= 0.3 is 0 Å². The number of hydrogen-bond acceptors (Lipinski definition) is 2. The highest BCUT2D eigenvalue weighted by atomic mass is 35.5. The molecular formula is C16H24ClNO. The summed E-state index contributed by atoms with van der Waals surface area (Å²) >= 11 is 6.15. The maximum atomic E-state index is 6.15. The molecule has 1 aromatic carbocycles. The van der Waals surface area contributed by atoms with Gasteiger partial charge in [0.2, 0.25) is 0 Å². The first-order chi connectivity index (χ1) is 9.06. The molecule has 0 spiro atoms. The summed E-state index contributed by atoms with van der Waals surface area (Å²) in [6, 6.07) is 6.60. The van der Waals surface area contributed by atoms with E-state index in [-0.39, 0.29) is 0 Å². The SMILES string of the molecule is Cc1ccc(Cl)c(OCC2CCN(C(C)C)CC2)c1. The third-order valence-electron chi connectivity index (χ3n) is 3.94. The van der Waals surface area contributed by atoms with Gasteiger partial charge in [-0.2, -0.15) is 0 Å². The zero-order chi connectivity index (χ0) is 13.8. The number of hydrogen-bond donors (Lipinski definition) is 0. The van der Waals surface area contributed by atoms with E-state index in [4.69, 9.17) is 16.3 Å². The van der Waals surface area contributed by atoms with Crippen molar-refractivity contribution >= 4 is 11.6 Å². The van der Waals surface area contributed by atoms with Gasteiger partial charge in [-0.15, -0.1) is 0 Å². The van der Waals surface area contributed by atoms with Crippen LogP contribution >= 0.6 is 11.6 Å². The van der Waals surface area contributed by atoms with Gasteiger partial charge < -0.3 is 9.64 Å². The minimum absolute atomic E-state index is 0.659. The van der Waals surface area contributed by atoms with Crippen LogP contribution in [0.1, 0.15) is 32.3 Å². The molecule has 1 saturated heterocycles. The quantitative estimate of drug-likeness (QED) is 0.822. The number of benzene rings is 1. The lowest BCUT2D eigenvalue weighted by molar-refractivity contribution is 0.119. The summed E-state index contributed by atoms with van der Waals surface area (Å²) in [7, 11) is 0. The van der Waals surface area contributed by atoms with E-state index in [0.29, 0.717) is 17.0 Å². The van der Waals surface area contributed by atoms with Gasteiger partial charge in [-0.3, -0.25) is 0 Å². The van der Waals surface area contributed by atoms with Crippen LogP contribution in [-0.2, 0) is 0 Å². The normalized spacial score (nSPS) is 17.9. The second-order valence-corrected chi connectivity index (χ2v) is 6.23. The molecule has 0 saturated carbocycles. The minimum Gasteiger partial charge on any atom is -0.492 e. The summed E-state index contributed by atoms with van der Waals surface area (Å²) in [6.45, 7) is 9.76. The van der Waals surface area contributed by atoms with Gasteiger partial charge in [0.1, 0.15) is 5.75 Å². The van der Waals surface area contributed by atoms with Crippen LogP contribution < -0.4 is 4.74 Å². The van der Waals surface area contributed by atoms with Gasteiger partial charge in [0.25, 0.3) is 0 Å². The smallest absolute Gasteiger partial charge is 0.138 e. The highest BCUT2D eigenvalue weighted by molar-refractivity contribution is 6.32. The lowest BCUT2D eigenvalue weighted by Gasteiger charge is -2.34. The van der Waals surface area contributed by atoms with Crippen molar-refractivity contribution in [3.05, 3.63) is 28.8 Å². The Hall–Kier alpha value is -0.730. The van der Waals surface area contributed by atoms with E-state index in [1.54, 1.807) is 0 Å². The molecule has 0 bridgehead atoms. The van der Waals surface area contributed by atoms with E-state index in [2.05, 4.69) is 25.7 Å². The Morgan fingerprint density at radius 3 is 2.63 bits per heavy atom. The molecule has 3 heteroatoms. The van der Waals surface area contributed by atoms with Crippen LogP contribution in [0.4, 0.5) is 0 Å². The van der Waals surface area contributed by atoms with Crippen molar-refractivity contribution < 1.29 is 4.74 Å². The Balaban J connectivity index is 1.82. The van der Waals surface area contributed by atoms with E-state index in [1.807, 2.05) is 18.2 Å². The first-order valence-corrected chi connectivity index (χ1v) is 7.57. The van der Waals surface area contributed by atoms with Crippen LogP contribution in [0.2, 0.25) is 5.02 Å². The number of aryl methyl sites for hydroxylation is 1. The van der Waals surface area contributed by atoms with Crippen LogP contribution in [0.5, 0.6) is 5.75 Å². The highest BCUT2D eigenvalue weighted by Crippen LogP contribution is 2.27. The van der Waals surface area contributed by atoms with Crippen LogP contribution in [-0.4, -0.2) is 30.6 Å². The number of halogens is 1. The second-order valence-electron chi connectivity index (χ2n) is 5.82. The Morgan fingerprint density at radius 1 is 1.32 bits per heavy atom. The Bertz CT molecular complexity index is 411. The molecule has 2 nitrogen and oxygen atoms in total. The Morgan fingerprint density at radius 2 is 2.00 bits per heavy atom. The maximum Gasteiger partial charge on any atom is 0.138 e. The molecule has 19 heavy (non-hydrogen) atoms. The summed E-state index contributed by atoms with van der Waals surface area (Å²) in [5.41, 5.74) is 1.19. The molecule has 1 aliphatic heterocycles. The molecule has 2 rings (SSSR count). The lowest BCUT2D eigenvalue weighted by Crippen LogP contribution is -2.39. The van der Waals surface area contributed by atoms with E-state index in [0.717, 1.165) is 12.4 Å². The number of rotatable bonds is 4. The largest absolute Gasteiger partial charge is 0.492 e. The highest BCUT2D eigenvalue weighted by Gasteiger charge is 2.21. The molecular weight excluding hydrogens is 258 g/mol. The van der Waals surface area contributed by atoms with E-state index in [9.17, 15) is 0 Å². The molecule has 0 aliphatic carbocycles. The first-order valence-electron chi connectivity index (χ1n) is 7.19. The summed E-state index contributed by atoms with van der Waals surface area (Å²) in [5, 5.41) is 0.713. The van der Waals surface area contributed by atoms with Crippen LogP contribution in [0, 0.1) is 12.8 Å². The van der Waals surface area contributed by atoms with E-state index >= 15 is 0 Å². The molecule has 0 radical (unpaired) electrons. The van der Waals surface area contributed by atoms with Gasteiger partial charge in [-0.25, -0.2) is 0 Å². The lowest BCUT2D eigenvalue weighted by atomic mass is 9.97. The predicted molar refractivity (Wildman–Crippen MR) is 81.1 cm³/mol. The van der Waals surface area contributed by atoms with Gasteiger partial charge in [-0.1, -0.05) is 17.7 Å². The molecule has 1 aromatic rings. The van der Waals surface area contributed by atoms with E-state index in [1.165, 1.54) is 31.5 Å². The van der Waals surface area contributed by atoms with Crippen molar-refractivity contribution in [2.45, 2.75) is 39.7 Å². The standard InChI is InChI=1S/C16H24ClNO/c1-12(2)18-8-6-14(7-9-18)11-19-16-10-13(3)4-5-15(16)17/h4-5,10,12,14H,6-9,11H2,1-3H3. The molecule has 0 aromatic heterocycles. The van der Waals surface area contributed by atoms with Crippen molar-refractivity contribution in [1.29, 1.82) is 0 Å². The second kappa shape index (κ2) is 6.62. The molecule has 106 valence electrons. The molecule has 0 unspecified atom stereocenters. The van der Waals surface area contributed by atoms with Crippen LogP contribution in [0.25, 0.3) is 0 Å². The summed E-state index contributed by atoms with van der Waals surface area (Å²) < 4.78 is 5.90. The number of nitrogens with zero attached hydrogens (tertiary/aromatic N) is 1. The average Bonchev–Trinajstić information content (AvgIpc) is 2.40. The zero-order valence-electron chi connectivity index (χ0n) is 12.2. The van der Waals surface area contributed by atoms with Gasteiger partial charge in [-0.05, 0) is 70.3 Å². The third kappa shape index (κ3) is 4.12. The fraction of sp³-hybridized carbons (Fsp3) is 0.625. The van der Waals surface area contributed by atoms with Crippen LogP contribution in [0.3, 0.4) is 0 Å².